The van der Waals surface area contributed by atoms with Crippen LogP contribution in [0.15, 0.2) is 0 Å². The number of carbonyl (C=O) groups excluding carboxylic acids is 1. The van der Waals surface area contributed by atoms with E-state index in [9.17, 15) is 23.5 Å². The Kier molecular flexibility index (Phi) is 22.4. The Balaban J connectivity index is -0.000000181. The molecule has 0 bridgehead atoms. The first-order valence-corrected chi connectivity index (χ1v) is 12.6. The highest BCUT2D eigenvalue weighted by molar-refractivity contribution is 7.60. The maximum atomic E-state index is 9.99. The minimum Gasteiger partial charge on any atom is -0.481 e. The minimum absolute atomic E-state index is 0.0231. The molecule has 0 spiro atoms. The molecule has 0 aromatic rings. The average molecular weight is 572 g/mol. The fourth-order valence-corrected chi connectivity index (χ4v) is 2.07. The van der Waals surface area contributed by atoms with Crippen LogP contribution in [0.25, 0.3) is 0 Å². The molecule has 4 atom stereocenters. The van der Waals surface area contributed by atoms with Crippen LogP contribution in [0.1, 0.15) is 12.8 Å². The van der Waals surface area contributed by atoms with Gasteiger partial charge in [0.1, 0.15) is 24.4 Å². The molecule has 0 aromatic heterocycles. The van der Waals surface area contributed by atoms with Crippen LogP contribution in [0.5, 0.6) is 0 Å². The third kappa shape index (κ3) is 41.1. The summed E-state index contributed by atoms with van der Waals surface area (Å²) in [4.78, 5) is 75.5. The van der Waals surface area contributed by atoms with E-state index in [0.29, 0.717) is 0 Å². The van der Waals surface area contributed by atoms with Crippen molar-refractivity contribution in [3.8, 4) is 0 Å². The van der Waals surface area contributed by atoms with Gasteiger partial charge >= 0.3 is 35.3 Å². The molecule has 0 aliphatic heterocycles. The van der Waals surface area contributed by atoms with E-state index in [-0.39, 0.29) is 19.1 Å². The predicted octanol–water partition coefficient (Wildman–Crippen LogP) is -5.25. The number of carboxylic acids is 2. The maximum absolute atomic E-state index is 9.99. The van der Waals surface area contributed by atoms with Gasteiger partial charge in [0, 0.05) is 6.42 Å². The Labute approximate surface area is 189 Å². The van der Waals surface area contributed by atoms with Gasteiger partial charge in [-0.05, 0) is 6.42 Å². The highest BCUT2D eigenvalue weighted by atomic mass is 31.3. The van der Waals surface area contributed by atoms with Crippen molar-refractivity contribution in [2.45, 2.75) is 37.2 Å². The molecule has 0 heterocycles. The average Bonchev–Trinajstić information content (AvgIpc) is 2.60. The standard InChI is InChI=1S/C5H9NO4.C5H10O5.H4NO3P.H4O7P2/c6-3(5(9)10)1-2-4(7)8;6-1-3(8)5(10)4(9)2-7;1-5(2,3)4;1-8(2,3)7-9(4,5)6/h3H,1-2,6H2,(H,7,8)(H,9,10);1,3-5,7-10H,2H2;(H4,1,2,3,4);(H2,1,2,3)(H2,4,5,6). The lowest BCUT2D eigenvalue weighted by Crippen LogP contribution is -2.40. The predicted molar refractivity (Wildman–Crippen MR) is 105 cm³/mol. The van der Waals surface area contributed by atoms with Gasteiger partial charge in [-0.2, -0.15) is 4.31 Å². The monoisotopic (exact) mass is 572 g/mol. The quantitative estimate of drug-likeness (QED) is 0.0858. The van der Waals surface area contributed by atoms with E-state index in [1.807, 2.05) is 0 Å². The Hall–Kier alpha value is -1.22. The lowest BCUT2D eigenvalue weighted by molar-refractivity contribution is -0.140. The van der Waals surface area contributed by atoms with Crippen molar-refractivity contribution in [2.24, 2.45) is 11.2 Å². The topological polar surface area (TPSA) is 406 Å². The van der Waals surface area contributed by atoms with Gasteiger partial charge in [-0.3, -0.25) is 9.59 Å². The van der Waals surface area contributed by atoms with Crippen LogP contribution in [0.2, 0.25) is 0 Å². The second-order valence-corrected chi connectivity index (χ2v) is 9.19. The third-order valence-corrected chi connectivity index (χ3v) is 3.97. The zero-order valence-electron chi connectivity index (χ0n) is 16.7. The molecule has 0 aromatic carbocycles. The highest BCUT2D eigenvalue weighted by Crippen LogP contribution is 2.53. The lowest BCUT2D eigenvalue weighted by atomic mass is 10.1. The van der Waals surface area contributed by atoms with Gasteiger partial charge in [0.05, 0.1) is 6.61 Å². The molecule has 0 saturated heterocycles. The smallest absolute Gasteiger partial charge is 0.478 e. The number of phosphoric acid groups is 2. The van der Waals surface area contributed by atoms with E-state index in [4.69, 9.17) is 70.3 Å². The summed E-state index contributed by atoms with van der Waals surface area (Å²) in [7, 11) is -14.2. The molecule has 0 aliphatic rings. The number of rotatable bonds is 10. The van der Waals surface area contributed by atoms with E-state index in [0.717, 1.165) is 0 Å². The molecule has 21 nitrogen and oxygen atoms in total. The summed E-state index contributed by atoms with van der Waals surface area (Å²) in [6, 6.07) is -1.06. The highest BCUT2D eigenvalue weighted by Gasteiger charge is 2.28. The van der Waals surface area contributed by atoms with Crippen LogP contribution in [-0.2, 0) is 32.4 Å². The molecule has 0 amide bonds. The van der Waals surface area contributed by atoms with Crippen molar-refractivity contribution in [1.82, 2.24) is 0 Å². The number of aliphatic hydroxyl groups excluding tert-OH is 4. The molecule has 24 heteroatoms. The van der Waals surface area contributed by atoms with Crippen LogP contribution >= 0.6 is 23.4 Å². The normalized spacial score (nSPS) is 14.8. The van der Waals surface area contributed by atoms with Crippen LogP contribution in [0, 0.1) is 0 Å². The number of hydrogen-bond donors (Lipinski definition) is 14. The summed E-state index contributed by atoms with van der Waals surface area (Å²) in [5, 5.41) is 50.3. The Morgan fingerprint density at radius 3 is 1.44 bits per heavy atom. The van der Waals surface area contributed by atoms with Crippen molar-refractivity contribution in [1.29, 1.82) is 0 Å². The molecule has 0 saturated carbocycles. The fraction of sp³-hybridized carbons (Fsp3) is 0.700. The number of carboxylic acid groups (broad SMARTS) is 2. The molecular formula is C10H27N2O19P3. The second kappa shape index (κ2) is 19.0. The fourth-order valence-electron chi connectivity index (χ4n) is 0.957. The van der Waals surface area contributed by atoms with Gasteiger partial charge in [-0.15, -0.1) is 0 Å². The SMILES string of the molecule is NC(CCC(=O)O)C(=O)O.NP(=O)(O)O.O=CC(O)C(O)C(O)CO.O=P(O)(O)OP(=O)(O)O. The van der Waals surface area contributed by atoms with Crippen LogP contribution in [0.4, 0.5) is 0 Å². The summed E-state index contributed by atoms with van der Waals surface area (Å²) >= 11 is 0. The molecule has 0 radical (unpaired) electrons. The summed E-state index contributed by atoms with van der Waals surface area (Å²) in [6.45, 7) is -0.688. The molecule has 16 N–H and O–H groups in total. The van der Waals surface area contributed by atoms with Crippen molar-refractivity contribution < 1.29 is 92.4 Å². The largest absolute Gasteiger partial charge is 0.481 e. The molecule has 4 unspecified atom stereocenters. The first-order chi connectivity index (χ1) is 14.9. The molecular weight excluding hydrogens is 545 g/mol. The van der Waals surface area contributed by atoms with Crippen LogP contribution in [0.3, 0.4) is 0 Å². The summed E-state index contributed by atoms with van der Waals surface area (Å²) in [6.07, 6.45) is -4.85. The zero-order valence-corrected chi connectivity index (χ0v) is 19.4. The van der Waals surface area contributed by atoms with Gasteiger partial charge in [0.25, 0.3) is 0 Å². The van der Waals surface area contributed by atoms with Crippen LogP contribution < -0.4 is 11.2 Å². The molecule has 0 rings (SSSR count). The van der Waals surface area contributed by atoms with E-state index in [1.54, 1.807) is 0 Å². The number of aliphatic carboxylic acids is 2. The Bertz CT molecular complexity index is 702. The van der Waals surface area contributed by atoms with Gasteiger partial charge < -0.3 is 70.5 Å². The second-order valence-electron chi connectivity index (χ2n) is 5.40. The Morgan fingerprint density at radius 1 is 0.912 bits per heavy atom. The zero-order chi connectivity index (χ0) is 28.5. The van der Waals surface area contributed by atoms with Gasteiger partial charge in [-0.25, -0.2) is 19.2 Å². The lowest BCUT2D eigenvalue weighted by Gasteiger charge is -2.16. The minimum atomic E-state index is -5.05. The number of carbonyl (C=O) groups is 3. The van der Waals surface area contributed by atoms with E-state index in [1.165, 1.54) is 0 Å². The van der Waals surface area contributed by atoms with E-state index >= 15 is 0 Å². The van der Waals surface area contributed by atoms with Crippen LogP contribution in [-0.4, -0.2) is 109 Å². The van der Waals surface area contributed by atoms with Gasteiger partial charge in [0.2, 0.25) is 0 Å². The maximum Gasteiger partial charge on any atom is 0.478 e. The first kappa shape index (κ1) is 40.0. The van der Waals surface area contributed by atoms with E-state index in [2.05, 4.69) is 9.81 Å². The first-order valence-electron chi connectivity index (χ1n) is 7.85. The number of hydrogen-bond acceptors (Lipinski definition) is 12. The number of aldehydes is 1. The van der Waals surface area contributed by atoms with Crippen molar-refractivity contribution in [3.05, 3.63) is 0 Å². The van der Waals surface area contributed by atoms with Gasteiger partial charge in [-0.1, -0.05) is 0 Å². The summed E-state index contributed by atoms with van der Waals surface area (Å²) < 4.78 is 31.3. The molecule has 0 aliphatic carbocycles. The molecule has 34 heavy (non-hydrogen) atoms. The number of aliphatic hydroxyl groups is 4. The van der Waals surface area contributed by atoms with Crippen molar-refractivity contribution in [2.75, 3.05) is 6.61 Å². The summed E-state index contributed by atoms with van der Waals surface area (Å²) in [5.41, 5.74) is 9.02. The Morgan fingerprint density at radius 2 is 1.26 bits per heavy atom. The van der Waals surface area contributed by atoms with E-state index < -0.39 is 66.3 Å². The van der Waals surface area contributed by atoms with Crippen molar-refractivity contribution in [3.63, 3.8) is 0 Å². The number of nitrogens with two attached hydrogens (primary N) is 2. The van der Waals surface area contributed by atoms with Gasteiger partial charge in [0.15, 0.2) is 6.29 Å². The third-order valence-electron chi connectivity index (χ3n) is 2.27. The summed E-state index contributed by atoms with van der Waals surface area (Å²) in [5.74, 6) is -2.20. The molecule has 0 fully saturated rings. The van der Waals surface area contributed by atoms with Crippen molar-refractivity contribution >= 4 is 41.6 Å². The molecule has 206 valence electrons.